The molecule has 0 bridgehead atoms. The zero-order chi connectivity index (χ0) is 20.4. The van der Waals surface area contributed by atoms with Gasteiger partial charge in [-0.1, -0.05) is 41.2 Å². The van der Waals surface area contributed by atoms with Crippen molar-refractivity contribution < 1.29 is 4.79 Å². The number of amides is 1. The van der Waals surface area contributed by atoms with Crippen molar-refractivity contribution in [1.29, 1.82) is 0 Å². The number of rotatable bonds is 6. The highest BCUT2D eigenvalue weighted by Crippen LogP contribution is 2.32. The molecular formula is C23H29N3OS. The Labute approximate surface area is 171 Å². The standard InChI is InChI=1S/C23H29N3OS/c1-15-7-8-17(3)19(13-15)14-21(27)26(12-11-25(5)6)23-24-22-18(4)16(2)9-10-20(22)28-23/h7-10,13H,11-12,14H2,1-6H3. The molecule has 0 fully saturated rings. The molecule has 1 amide bonds. The third-order valence-electron chi connectivity index (χ3n) is 5.22. The Bertz CT molecular complexity index is 1010. The average molecular weight is 396 g/mol. The largest absolute Gasteiger partial charge is 0.308 e. The molecule has 28 heavy (non-hydrogen) atoms. The number of hydrogen-bond donors (Lipinski definition) is 0. The molecule has 2 aromatic carbocycles. The van der Waals surface area contributed by atoms with Crippen molar-refractivity contribution in [3.05, 3.63) is 58.1 Å². The second-order valence-electron chi connectivity index (χ2n) is 7.81. The van der Waals surface area contributed by atoms with E-state index in [0.717, 1.165) is 33.0 Å². The monoisotopic (exact) mass is 395 g/mol. The highest BCUT2D eigenvalue weighted by Gasteiger charge is 2.21. The summed E-state index contributed by atoms with van der Waals surface area (Å²) in [7, 11) is 4.05. The van der Waals surface area contributed by atoms with Gasteiger partial charge in [-0.25, -0.2) is 4.98 Å². The van der Waals surface area contributed by atoms with Crippen molar-refractivity contribution in [3.8, 4) is 0 Å². The minimum atomic E-state index is 0.101. The molecule has 0 saturated carbocycles. The second-order valence-corrected chi connectivity index (χ2v) is 8.82. The Balaban J connectivity index is 1.95. The maximum Gasteiger partial charge on any atom is 0.233 e. The van der Waals surface area contributed by atoms with Gasteiger partial charge in [-0.05, 0) is 70.1 Å². The van der Waals surface area contributed by atoms with Gasteiger partial charge in [-0.2, -0.15) is 0 Å². The van der Waals surface area contributed by atoms with Gasteiger partial charge in [-0.3, -0.25) is 9.69 Å². The zero-order valence-electron chi connectivity index (χ0n) is 17.7. The van der Waals surface area contributed by atoms with Crippen LogP contribution in [0.5, 0.6) is 0 Å². The molecule has 3 aromatic rings. The van der Waals surface area contributed by atoms with E-state index in [1.807, 2.05) is 19.0 Å². The number of benzene rings is 2. The first-order valence-corrected chi connectivity index (χ1v) is 10.5. The summed E-state index contributed by atoms with van der Waals surface area (Å²) in [5.74, 6) is 0.101. The number of fused-ring (bicyclic) bond motifs is 1. The van der Waals surface area contributed by atoms with Gasteiger partial charge < -0.3 is 4.90 Å². The van der Waals surface area contributed by atoms with Crippen molar-refractivity contribution >= 4 is 32.6 Å². The number of anilines is 1. The molecule has 3 rings (SSSR count). The van der Waals surface area contributed by atoms with Crippen LogP contribution in [0, 0.1) is 27.7 Å². The van der Waals surface area contributed by atoms with Crippen molar-refractivity contribution in [3.63, 3.8) is 0 Å². The molecule has 0 unspecified atom stereocenters. The number of carbonyl (C=O) groups excluding carboxylic acids is 1. The van der Waals surface area contributed by atoms with Crippen LogP contribution in [0.1, 0.15) is 27.8 Å². The van der Waals surface area contributed by atoms with E-state index in [0.29, 0.717) is 13.0 Å². The van der Waals surface area contributed by atoms with E-state index in [-0.39, 0.29) is 5.91 Å². The van der Waals surface area contributed by atoms with Crippen LogP contribution in [0.4, 0.5) is 5.13 Å². The molecule has 148 valence electrons. The Hall–Kier alpha value is -2.24. The molecule has 0 aliphatic carbocycles. The van der Waals surface area contributed by atoms with Crippen molar-refractivity contribution in [2.24, 2.45) is 0 Å². The van der Waals surface area contributed by atoms with Crippen LogP contribution in [0.15, 0.2) is 30.3 Å². The van der Waals surface area contributed by atoms with Gasteiger partial charge in [0.2, 0.25) is 5.91 Å². The van der Waals surface area contributed by atoms with E-state index >= 15 is 0 Å². The van der Waals surface area contributed by atoms with E-state index in [2.05, 4.69) is 62.9 Å². The fraction of sp³-hybridized carbons (Fsp3) is 0.391. The maximum atomic E-state index is 13.3. The van der Waals surface area contributed by atoms with E-state index in [1.54, 1.807) is 11.3 Å². The fourth-order valence-corrected chi connectivity index (χ4v) is 4.27. The Morgan fingerprint density at radius 1 is 1.00 bits per heavy atom. The number of aryl methyl sites for hydroxylation is 4. The lowest BCUT2D eigenvalue weighted by molar-refractivity contribution is -0.118. The summed E-state index contributed by atoms with van der Waals surface area (Å²) in [4.78, 5) is 22.1. The van der Waals surface area contributed by atoms with Gasteiger partial charge in [0.05, 0.1) is 16.6 Å². The van der Waals surface area contributed by atoms with Crippen LogP contribution in [0.3, 0.4) is 0 Å². The third kappa shape index (κ3) is 4.42. The van der Waals surface area contributed by atoms with Gasteiger partial charge >= 0.3 is 0 Å². The lowest BCUT2D eigenvalue weighted by Gasteiger charge is -2.22. The van der Waals surface area contributed by atoms with Gasteiger partial charge in [0.15, 0.2) is 5.13 Å². The maximum absolute atomic E-state index is 13.3. The molecule has 0 atom stereocenters. The molecule has 0 spiro atoms. The smallest absolute Gasteiger partial charge is 0.233 e. The average Bonchev–Trinajstić information content (AvgIpc) is 3.06. The quantitative estimate of drug-likeness (QED) is 0.609. The minimum Gasteiger partial charge on any atom is -0.308 e. The van der Waals surface area contributed by atoms with Gasteiger partial charge in [0.1, 0.15) is 0 Å². The molecule has 0 radical (unpaired) electrons. The summed E-state index contributed by atoms with van der Waals surface area (Å²) in [5.41, 5.74) is 6.85. The van der Waals surface area contributed by atoms with Crippen molar-refractivity contribution in [2.45, 2.75) is 34.1 Å². The molecule has 0 N–H and O–H groups in total. The normalized spacial score (nSPS) is 11.4. The number of thiazole rings is 1. The number of aromatic nitrogens is 1. The van der Waals surface area contributed by atoms with Crippen molar-refractivity contribution in [2.75, 3.05) is 32.1 Å². The SMILES string of the molecule is Cc1ccc(C)c(CC(=O)N(CCN(C)C)c2nc3c(C)c(C)ccc3s2)c1. The zero-order valence-corrected chi connectivity index (χ0v) is 18.5. The number of hydrogen-bond acceptors (Lipinski definition) is 4. The molecule has 0 aliphatic heterocycles. The van der Waals surface area contributed by atoms with Crippen LogP contribution in [-0.2, 0) is 11.2 Å². The van der Waals surface area contributed by atoms with Crippen LogP contribution >= 0.6 is 11.3 Å². The van der Waals surface area contributed by atoms with Crippen LogP contribution in [-0.4, -0.2) is 43.0 Å². The highest BCUT2D eigenvalue weighted by atomic mass is 32.1. The van der Waals surface area contributed by atoms with E-state index in [9.17, 15) is 4.79 Å². The molecule has 0 aliphatic rings. The number of likely N-dealkylation sites (N-methyl/N-ethyl adjacent to an activating group) is 1. The summed E-state index contributed by atoms with van der Waals surface area (Å²) in [6.45, 7) is 9.76. The highest BCUT2D eigenvalue weighted by molar-refractivity contribution is 7.22. The molecular weight excluding hydrogens is 366 g/mol. The van der Waals surface area contributed by atoms with Crippen molar-refractivity contribution in [1.82, 2.24) is 9.88 Å². The third-order valence-corrected chi connectivity index (χ3v) is 6.27. The van der Waals surface area contributed by atoms with Crippen LogP contribution in [0.2, 0.25) is 0 Å². The Kier molecular flexibility index (Phi) is 6.16. The summed E-state index contributed by atoms with van der Waals surface area (Å²) in [6.07, 6.45) is 0.398. The molecule has 1 heterocycles. The van der Waals surface area contributed by atoms with Gasteiger partial charge in [0.25, 0.3) is 0 Å². The number of nitrogens with zero attached hydrogens (tertiary/aromatic N) is 3. The van der Waals surface area contributed by atoms with Gasteiger partial charge in [0, 0.05) is 13.1 Å². The first-order chi connectivity index (χ1) is 13.3. The topological polar surface area (TPSA) is 36.4 Å². The first-order valence-electron chi connectivity index (χ1n) is 9.64. The lowest BCUT2D eigenvalue weighted by atomic mass is 10.0. The van der Waals surface area contributed by atoms with E-state index in [1.165, 1.54) is 16.7 Å². The predicted molar refractivity (Wildman–Crippen MR) is 120 cm³/mol. The Morgan fingerprint density at radius 3 is 2.43 bits per heavy atom. The molecule has 5 heteroatoms. The van der Waals surface area contributed by atoms with Gasteiger partial charge in [-0.15, -0.1) is 0 Å². The first kappa shape index (κ1) is 20.5. The minimum absolute atomic E-state index is 0.101. The molecule has 0 saturated heterocycles. The van der Waals surface area contributed by atoms with Crippen LogP contribution in [0.25, 0.3) is 10.2 Å². The Morgan fingerprint density at radius 2 is 1.71 bits per heavy atom. The lowest BCUT2D eigenvalue weighted by Crippen LogP contribution is -2.37. The fourth-order valence-electron chi connectivity index (χ4n) is 3.21. The predicted octanol–water partition coefficient (Wildman–Crippen LogP) is 4.67. The summed E-state index contributed by atoms with van der Waals surface area (Å²) in [5, 5.41) is 0.792. The van der Waals surface area contributed by atoms with E-state index in [4.69, 9.17) is 4.98 Å². The van der Waals surface area contributed by atoms with Crippen LogP contribution < -0.4 is 4.90 Å². The number of carbonyl (C=O) groups is 1. The second kappa shape index (κ2) is 8.41. The summed E-state index contributed by atoms with van der Waals surface area (Å²) >= 11 is 1.60. The van der Waals surface area contributed by atoms with E-state index < -0.39 is 0 Å². The molecule has 4 nitrogen and oxygen atoms in total. The summed E-state index contributed by atoms with van der Waals surface area (Å²) < 4.78 is 1.13. The summed E-state index contributed by atoms with van der Waals surface area (Å²) in [6, 6.07) is 10.5. The molecule has 1 aromatic heterocycles.